The van der Waals surface area contributed by atoms with E-state index in [4.69, 9.17) is 10.5 Å². The third-order valence-corrected chi connectivity index (χ3v) is 4.45. The van der Waals surface area contributed by atoms with Crippen LogP contribution in [0.4, 0.5) is 14.9 Å². The van der Waals surface area contributed by atoms with Gasteiger partial charge in [-0.15, -0.1) is 0 Å². The first-order valence-corrected chi connectivity index (χ1v) is 8.91. The van der Waals surface area contributed by atoms with E-state index in [0.29, 0.717) is 17.0 Å². The highest BCUT2D eigenvalue weighted by Gasteiger charge is 2.19. The molecule has 0 spiro atoms. The summed E-state index contributed by atoms with van der Waals surface area (Å²) in [7, 11) is 0. The minimum atomic E-state index is -0.527. The molecule has 6 nitrogen and oxygen atoms in total. The first-order valence-electron chi connectivity index (χ1n) is 8.91. The van der Waals surface area contributed by atoms with Crippen LogP contribution in [0, 0.1) is 5.82 Å². The lowest BCUT2D eigenvalue weighted by molar-refractivity contribution is 0.1000. The highest BCUT2D eigenvalue weighted by molar-refractivity contribution is 5.93. The molecule has 0 bridgehead atoms. The summed E-state index contributed by atoms with van der Waals surface area (Å²) in [4.78, 5) is 23.4. The lowest BCUT2D eigenvalue weighted by Gasteiger charge is -2.17. The molecule has 0 radical (unpaired) electrons. The lowest BCUT2D eigenvalue weighted by Crippen LogP contribution is -2.28. The van der Waals surface area contributed by atoms with Gasteiger partial charge in [-0.05, 0) is 55.5 Å². The standard InChI is InChI=1S/C20H22FN3O3/c21-15-8-9-17(18(11-15)27-16-6-1-2-7-16)24-20(26)23-12-13-4-3-5-14(10-13)19(22)25/h3-5,8-11,16H,1-2,6-7,12H2,(H2,22,25)(H2,23,24,26). The van der Waals surface area contributed by atoms with E-state index in [0.717, 1.165) is 31.2 Å². The Kier molecular flexibility index (Phi) is 5.90. The van der Waals surface area contributed by atoms with E-state index in [-0.39, 0.29) is 12.6 Å². The molecule has 1 fully saturated rings. The van der Waals surface area contributed by atoms with Crippen LogP contribution in [0.2, 0.25) is 0 Å². The molecule has 0 saturated heterocycles. The van der Waals surface area contributed by atoms with Gasteiger partial charge >= 0.3 is 6.03 Å². The molecule has 3 amide bonds. The van der Waals surface area contributed by atoms with Crippen LogP contribution in [0.1, 0.15) is 41.6 Å². The molecule has 2 aromatic rings. The summed E-state index contributed by atoms with van der Waals surface area (Å²) in [5, 5.41) is 5.38. The molecule has 4 N–H and O–H groups in total. The van der Waals surface area contributed by atoms with Gasteiger partial charge in [0.25, 0.3) is 0 Å². The maximum atomic E-state index is 13.6. The predicted octanol–water partition coefficient (Wildman–Crippen LogP) is 3.57. The Hall–Kier alpha value is -3.09. The largest absolute Gasteiger partial charge is 0.488 e. The number of carbonyl (C=O) groups is 2. The normalized spacial score (nSPS) is 14.0. The van der Waals surface area contributed by atoms with Crippen LogP contribution < -0.4 is 21.1 Å². The minimum Gasteiger partial charge on any atom is -0.488 e. The molecule has 0 unspecified atom stereocenters. The zero-order chi connectivity index (χ0) is 19.2. The van der Waals surface area contributed by atoms with Crippen LogP contribution in [0.25, 0.3) is 0 Å². The van der Waals surface area contributed by atoms with E-state index in [1.165, 1.54) is 18.2 Å². The molecular weight excluding hydrogens is 349 g/mol. The van der Waals surface area contributed by atoms with Gasteiger partial charge < -0.3 is 21.1 Å². The molecule has 0 aromatic heterocycles. The molecule has 1 saturated carbocycles. The quantitative estimate of drug-likeness (QED) is 0.725. The number of halogens is 1. The predicted molar refractivity (Wildman–Crippen MR) is 100 cm³/mol. The second-order valence-electron chi connectivity index (χ2n) is 6.54. The fourth-order valence-electron chi connectivity index (χ4n) is 3.07. The van der Waals surface area contributed by atoms with Gasteiger partial charge in [0.15, 0.2) is 0 Å². The Balaban J connectivity index is 1.62. The fraction of sp³-hybridized carbons (Fsp3) is 0.300. The van der Waals surface area contributed by atoms with E-state index >= 15 is 0 Å². The summed E-state index contributed by atoms with van der Waals surface area (Å²) in [6.07, 6.45) is 4.09. The maximum absolute atomic E-state index is 13.6. The number of nitrogens with one attached hydrogen (secondary N) is 2. The monoisotopic (exact) mass is 371 g/mol. The number of carbonyl (C=O) groups excluding carboxylic acids is 2. The van der Waals surface area contributed by atoms with Crippen LogP contribution in [0.15, 0.2) is 42.5 Å². The molecular formula is C20H22FN3O3. The summed E-state index contributed by atoms with van der Waals surface area (Å²) >= 11 is 0. The van der Waals surface area contributed by atoms with Crippen molar-refractivity contribution < 1.29 is 18.7 Å². The molecule has 1 aliphatic carbocycles. The van der Waals surface area contributed by atoms with Crippen LogP contribution in [-0.2, 0) is 6.54 Å². The Labute approximate surface area is 156 Å². The third kappa shape index (κ3) is 5.20. The molecule has 7 heteroatoms. The Morgan fingerprint density at radius 3 is 2.67 bits per heavy atom. The second kappa shape index (κ2) is 8.53. The summed E-state index contributed by atoms with van der Waals surface area (Å²) in [5.41, 5.74) is 6.78. The Morgan fingerprint density at radius 1 is 1.15 bits per heavy atom. The van der Waals surface area contributed by atoms with Crippen molar-refractivity contribution in [2.24, 2.45) is 5.73 Å². The SMILES string of the molecule is NC(=O)c1cccc(CNC(=O)Nc2ccc(F)cc2OC2CCCC2)c1. The number of ether oxygens (including phenoxy) is 1. The van der Waals surface area contributed by atoms with Crippen molar-refractivity contribution in [2.75, 3.05) is 5.32 Å². The molecule has 2 aromatic carbocycles. The van der Waals surface area contributed by atoms with Crippen molar-refractivity contribution in [3.05, 3.63) is 59.4 Å². The minimum absolute atomic E-state index is 0.0481. The van der Waals surface area contributed by atoms with Gasteiger partial charge in [0, 0.05) is 18.2 Å². The highest BCUT2D eigenvalue weighted by atomic mass is 19.1. The molecule has 0 heterocycles. The van der Waals surface area contributed by atoms with Gasteiger partial charge in [-0.1, -0.05) is 12.1 Å². The first kappa shape index (κ1) is 18.7. The van der Waals surface area contributed by atoms with Crippen LogP contribution in [-0.4, -0.2) is 18.0 Å². The number of primary amides is 1. The van der Waals surface area contributed by atoms with Gasteiger partial charge in [-0.25, -0.2) is 9.18 Å². The summed E-state index contributed by atoms with van der Waals surface area (Å²) in [5.74, 6) is -0.619. The molecule has 142 valence electrons. The number of urea groups is 1. The van der Waals surface area contributed by atoms with Gasteiger partial charge in [-0.2, -0.15) is 0 Å². The number of hydrogen-bond donors (Lipinski definition) is 3. The number of amides is 3. The molecule has 0 atom stereocenters. The van der Waals surface area contributed by atoms with Crippen molar-refractivity contribution in [1.29, 1.82) is 0 Å². The summed E-state index contributed by atoms with van der Waals surface area (Å²) in [6, 6.07) is 10.3. The van der Waals surface area contributed by atoms with Crippen molar-refractivity contribution in [2.45, 2.75) is 38.3 Å². The van der Waals surface area contributed by atoms with Crippen LogP contribution in [0.5, 0.6) is 5.75 Å². The van der Waals surface area contributed by atoms with E-state index in [2.05, 4.69) is 10.6 Å². The third-order valence-electron chi connectivity index (χ3n) is 4.45. The Bertz CT molecular complexity index is 835. The van der Waals surface area contributed by atoms with Crippen LogP contribution in [0.3, 0.4) is 0 Å². The van der Waals surface area contributed by atoms with E-state index in [1.807, 2.05) is 0 Å². The lowest BCUT2D eigenvalue weighted by atomic mass is 10.1. The average Bonchev–Trinajstić information content (AvgIpc) is 3.15. The molecule has 1 aliphatic rings. The van der Waals surface area contributed by atoms with Crippen molar-refractivity contribution in [3.8, 4) is 5.75 Å². The summed E-state index contributed by atoms with van der Waals surface area (Å²) in [6.45, 7) is 0.215. The second-order valence-corrected chi connectivity index (χ2v) is 6.54. The molecule has 3 rings (SSSR count). The number of anilines is 1. The van der Waals surface area contributed by atoms with Crippen molar-refractivity contribution in [1.82, 2.24) is 5.32 Å². The topological polar surface area (TPSA) is 93.5 Å². The fourth-order valence-corrected chi connectivity index (χ4v) is 3.07. The number of nitrogens with two attached hydrogens (primary N) is 1. The first-order chi connectivity index (χ1) is 13.0. The Morgan fingerprint density at radius 2 is 1.93 bits per heavy atom. The van der Waals surface area contributed by atoms with Crippen molar-refractivity contribution in [3.63, 3.8) is 0 Å². The summed E-state index contributed by atoms with van der Waals surface area (Å²) < 4.78 is 19.4. The zero-order valence-electron chi connectivity index (χ0n) is 14.8. The smallest absolute Gasteiger partial charge is 0.319 e. The van der Waals surface area contributed by atoms with E-state index < -0.39 is 17.8 Å². The van der Waals surface area contributed by atoms with Gasteiger partial charge in [0.2, 0.25) is 5.91 Å². The zero-order valence-corrected chi connectivity index (χ0v) is 14.8. The molecule has 0 aliphatic heterocycles. The van der Waals surface area contributed by atoms with E-state index in [9.17, 15) is 14.0 Å². The maximum Gasteiger partial charge on any atom is 0.319 e. The number of benzene rings is 2. The average molecular weight is 371 g/mol. The van der Waals surface area contributed by atoms with Crippen molar-refractivity contribution >= 4 is 17.6 Å². The number of rotatable bonds is 6. The number of hydrogen-bond acceptors (Lipinski definition) is 3. The van der Waals surface area contributed by atoms with E-state index in [1.54, 1.807) is 24.3 Å². The van der Waals surface area contributed by atoms with Gasteiger partial charge in [0.05, 0.1) is 11.8 Å². The van der Waals surface area contributed by atoms with Gasteiger partial charge in [-0.3, -0.25) is 4.79 Å². The molecule has 27 heavy (non-hydrogen) atoms. The van der Waals surface area contributed by atoms with Crippen LogP contribution >= 0.6 is 0 Å². The highest BCUT2D eigenvalue weighted by Crippen LogP contribution is 2.30. The van der Waals surface area contributed by atoms with Gasteiger partial charge in [0.1, 0.15) is 11.6 Å².